The van der Waals surface area contributed by atoms with Crippen LogP contribution in [0.15, 0.2) is 88.7 Å². The highest BCUT2D eigenvalue weighted by molar-refractivity contribution is 7.80. The van der Waals surface area contributed by atoms with Crippen LogP contribution in [0.4, 0.5) is 0 Å². The van der Waals surface area contributed by atoms with Crippen molar-refractivity contribution in [2.75, 3.05) is 0 Å². The summed E-state index contributed by atoms with van der Waals surface area (Å²) in [6.07, 6.45) is 0. The van der Waals surface area contributed by atoms with E-state index >= 15 is 0 Å². The van der Waals surface area contributed by atoms with Crippen molar-refractivity contribution < 1.29 is 0 Å². The molecule has 2 heteroatoms. The van der Waals surface area contributed by atoms with E-state index in [4.69, 9.17) is 0 Å². The molecule has 0 aliphatic rings. The highest BCUT2D eigenvalue weighted by Gasteiger charge is 1.95. The summed E-state index contributed by atoms with van der Waals surface area (Å²) in [5.74, 6) is 0. The maximum absolute atomic E-state index is 4.25. The van der Waals surface area contributed by atoms with Crippen LogP contribution in [0.25, 0.3) is 11.1 Å². The second-order valence-corrected chi connectivity index (χ2v) is 5.78. The third-order valence-electron chi connectivity index (χ3n) is 3.01. The van der Waals surface area contributed by atoms with Crippen LogP contribution >= 0.6 is 25.3 Å². The van der Waals surface area contributed by atoms with Gasteiger partial charge in [0.25, 0.3) is 0 Å². The van der Waals surface area contributed by atoms with Crippen molar-refractivity contribution in [1.82, 2.24) is 0 Å². The van der Waals surface area contributed by atoms with Crippen LogP contribution in [0.1, 0.15) is 5.56 Å². The van der Waals surface area contributed by atoms with Gasteiger partial charge in [0.15, 0.2) is 0 Å². The molecule has 3 rings (SSSR count). The van der Waals surface area contributed by atoms with E-state index in [9.17, 15) is 0 Å². The van der Waals surface area contributed by atoms with Gasteiger partial charge in [-0.25, -0.2) is 0 Å². The summed E-state index contributed by atoms with van der Waals surface area (Å²) in [6, 6.07) is 26.5. The monoisotopic (exact) mass is 310 g/mol. The van der Waals surface area contributed by atoms with E-state index in [1.165, 1.54) is 16.7 Å². The summed E-state index contributed by atoms with van der Waals surface area (Å²) in [7, 11) is 0. The van der Waals surface area contributed by atoms with Crippen molar-refractivity contribution in [3.05, 3.63) is 84.4 Å². The summed E-state index contributed by atoms with van der Waals surface area (Å²) < 4.78 is 0. The summed E-state index contributed by atoms with van der Waals surface area (Å²) in [5.41, 5.74) is 3.73. The molecule has 106 valence electrons. The zero-order valence-corrected chi connectivity index (χ0v) is 13.7. The molecule has 3 aromatic carbocycles. The van der Waals surface area contributed by atoms with Gasteiger partial charge in [-0.15, -0.1) is 25.3 Å². The van der Waals surface area contributed by atoms with Gasteiger partial charge in [-0.05, 0) is 42.3 Å². The Morgan fingerprint density at radius 2 is 0.905 bits per heavy atom. The molecular weight excluding hydrogens is 292 g/mol. The molecule has 0 spiro atoms. The minimum atomic E-state index is 0.986. The minimum Gasteiger partial charge on any atom is -0.143 e. The predicted octanol–water partition coefficient (Wildman–Crippen LogP) is 5.93. The Balaban J connectivity index is 0.000000194. The first-order chi connectivity index (χ1) is 10.1. The van der Waals surface area contributed by atoms with E-state index in [2.05, 4.69) is 68.6 Å². The Hall–Kier alpha value is -1.64. The Kier molecular flexibility index (Phi) is 5.97. The number of hydrogen-bond donors (Lipinski definition) is 2. The van der Waals surface area contributed by atoms with Crippen molar-refractivity contribution in [3.63, 3.8) is 0 Å². The quantitative estimate of drug-likeness (QED) is 0.512. The molecular formula is C19H18S2. The van der Waals surface area contributed by atoms with Gasteiger partial charge in [-0.3, -0.25) is 0 Å². The minimum absolute atomic E-state index is 0.986. The number of hydrogen-bond acceptors (Lipinski definition) is 2. The van der Waals surface area contributed by atoms with E-state index in [1.54, 1.807) is 0 Å². The molecule has 3 aromatic rings. The molecule has 0 aromatic heterocycles. The second kappa shape index (κ2) is 7.96. The standard InChI is InChI=1S/C12H10S2.C7H8/c13-11-5-1-9(2-6-11)10-3-7-12(14)8-4-10;1-7-5-3-2-4-6-7/h1-8,13-14H;2-6H,1H3. The smallest absolute Gasteiger partial charge is 0.00404 e. The Labute approximate surface area is 137 Å². The van der Waals surface area contributed by atoms with Crippen molar-refractivity contribution in [2.45, 2.75) is 16.7 Å². The number of benzene rings is 3. The average molecular weight is 310 g/mol. The van der Waals surface area contributed by atoms with Gasteiger partial charge in [0.2, 0.25) is 0 Å². The average Bonchev–Trinajstić information content (AvgIpc) is 2.50. The van der Waals surface area contributed by atoms with Crippen LogP contribution in [-0.2, 0) is 0 Å². The van der Waals surface area contributed by atoms with Crippen molar-refractivity contribution >= 4 is 25.3 Å². The molecule has 0 heterocycles. The molecule has 0 aliphatic heterocycles. The van der Waals surface area contributed by atoms with Gasteiger partial charge in [-0.1, -0.05) is 60.2 Å². The van der Waals surface area contributed by atoms with Crippen molar-refractivity contribution in [1.29, 1.82) is 0 Å². The van der Waals surface area contributed by atoms with Gasteiger partial charge in [-0.2, -0.15) is 0 Å². The first-order valence-electron chi connectivity index (χ1n) is 6.75. The second-order valence-electron chi connectivity index (χ2n) is 4.75. The predicted molar refractivity (Wildman–Crippen MR) is 97.6 cm³/mol. The normalized spacial score (nSPS) is 9.67. The lowest BCUT2D eigenvalue weighted by molar-refractivity contribution is 1.44. The zero-order chi connectivity index (χ0) is 15.1. The highest BCUT2D eigenvalue weighted by atomic mass is 32.1. The lowest BCUT2D eigenvalue weighted by atomic mass is 10.1. The van der Waals surface area contributed by atoms with E-state index in [1.807, 2.05) is 42.5 Å². The van der Waals surface area contributed by atoms with Crippen LogP contribution in [0.2, 0.25) is 0 Å². The summed E-state index contributed by atoms with van der Waals surface area (Å²) in [4.78, 5) is 1.97. The zero-order valence-electron chi connectivity index (χ0n) is 11.9. The number of rotatable bonds is 1. The third-order valence-corrected chi connectivity index (χ3v) is 3.60. The Bertz CT molecular complexity index is 613. The topological polar surface area (TPSA) is 0 Å². The molecule has 0 N–H and O–H groups in total. The molecule has 0 aliphatic carbocycles. The molecule has 0 radical (unpaired) electrons. The molecule has 0 nitrogen and oxygen atoms in total. The van der Waals surface area contributed by atoms with Crippen molar-refractivity contribution in [3.8, 4) is 11.1 Å². The van der Waals surface area contributed by atoms with E-state index in [0.717, 1.165) is 9.79 Å². The Morgan fingerprint density at radius 1 is 0.524 bits per heavy atom. The molecule has 0 saturated heterocycles. The SMILES string of the molecule is Cc1ccccc1.Sc1ccc(-c2ccc(S)cc2)cc1. The lowest BCUT2D eigenvalue weighted by Crippen LogP contribution is -1.76. The maximum atomic E-state index is 4.25. The molecule has 0 fully saturated rings. The molecule has 0 unspecified atom stereocenters. The summed E-state index contributed by atoms with van der Waals surface area (Å²) in [5, 5.41) is 0. The van der Waals surface area contributed by atoms with E-state index in [-0.39, 0.29) is 0 Å². The molecule has 0 saturated carbocycles. The van der Waals surface area contributed by atoms with Gasteiger partial charge in [0.1, 0.15) is 0 Å². The van der Waals surface area contributed by atoms with Gasteiger partial charge < -0.3 is 0 Å². The first-order valence-corrected chi connectivity index (χ1v) is 7.65. The molecule has 0 bridgehead atoms. The largest absolute Gasteiger partial charge is 0.143 e. The van der Waals surface area contributed by atoms with Crippen LogP contribution in [0, 0.1) is 6.92 Å². The first kappa shape index (κ1) is 15.7. The number of thiol groups is 2. The van der Waals surface area contributed by atoms with Gasteiger partial charge >= 0.3 is 0 Å². The summed E-state index contributed by atoms with van der Waals surface area (Å²) in [6.45, 7) is 2.08. The van der Waals surface area contributed by atoms with Gasteiger partial charge in [0.05, 0.1) is 0 Å². The van der Waals surface area contributed by atoms with Gasteiger partial charge in [0, 0.05) is 9.79 Å². The lowest BCUT2D eigenvalue weighted by Gasteiger charge is -2.01. The fourth-order valence-corrected chi connectivity index (χ4v) is 2.14. The molecule has 0 amide bonds. The third kappa shape index (κ3) is 5.33. The fraction of sp³-hybridized carbons (Fsp3) is 0.0526. The maximum Gasteiger partial charge on any atom is 0.00404 e. The van der Waals surface area contributed by atoms with E-state index in [0.29, 0.717) is 0 Å². The highest BCUT2D eigenvalue weighted by Crippen LogP contribution is 2.21. The van der Waals surface area contributed by atoms with Crippen molar-refractivity contribution in [2.24, 2.45) is 0 Å². The molecule has 0 atom stereocenters. The molecule has 21 heavy (non-hydrogen) atoms. The van der Waals surface area contributed by atoms with Crippen LogP contribution < -0.4 is 0 Å². The number of aryl methyl sites for hydroxylation is 1. The Morgan fingerprint density at radius 3 is 1.19 bits per heavy atom. The van der Waals surface area contributed by atoms with Crippen LogP contribution in [0.5, 0.6) is 0 Å². The fourth-order valence-electron chi connectivity index (χ4n) is 1.84. The van der Waals surface area contributed by atoms with Crippen LogP contribution in [0.3, 0.4) is 0 Å². The van der Waals surface area contributed by atoms with E-state index < -0.39 is 0 Å². The summed E-state index contributed by atoms with van der Waals surface area (Å²) >= 11 is 8.50. The van der Waals surface area contributed by atoms with Crippen LogP contribution in [-0.4, -0.2) is 0 Å².